The van der Waals surface area contributed by atoms with E-state index in [0.717, 1.165) is 17.0 Å². The second-order valence-electron chi connectivity index (χ2n) is 4.60. The van der Waals surface area contributed by atoms with Crippen molar-refractivity contribution >= 4 is 0 Å². The van der Waals surface area contributed by atoms with Crippen molar-refractivity contribution in [3.63, 3.8) is 0 Å². The molecule has 0 aliphatic rings. The molecule has 106 valence electrons. The largest absolute Gasteiger partial charge is 0.496 e. The van der Waals surface area contributed by atoms with Gasteiger partial charge in [0, 0.05) is 12.0 Å². The SMILES string of the molecule is COc1ccccc1Cc1n[nH]c(=O)n1-c1ccccc1. The van der Waals surface area contributed by atoms with E-state index in [9.17, 15) is 4.79 Å². The predicted molar refractivity (Wildman–Crippen MR) is 80.0 cm³/mol. The van der Waals surface area contributed by atoms with Crippen molar-refractivity contribution < 1.29 is 4.74 Å². The molecule has 0 saturated heterocycles. The van der Waals surface area contributed by atoms with Crippen molar-refractivity contribution in [2.24, 2.45) is 0 Å². The van der Waals surface area contributed by atoms with Gasteiger partial charge < -0.3 is 4.74 Å². The van der Waals surface area contributed by atoms with Gasteiger partial charge in [-0.3, -0.25) is 0 Å². The van der Waals surface area contributed by atoms with Gasteiger partial charge in [-0.15, -0.1) is 0 Å². The highest BCUT2D eigenvalue weighted by Crippen LogP contribution is 2.20. The Morgan fingerprint density at radius 2 is 1.81 bits per heavy atom. The lowest BCUT2D eigenvalue weighted by atomic mass is 10.1. The fourth-order valence-electron chi connectivity index (χ4n) is 2.31. The number of rotatable bonds is 4. The Morgan fingerprint density at radius 1 is 1.10 bits per heavy atom. The second kappa shape index (κ2) is 5.66. The van der Waals surface area contributed by atoms with Crippen LogP contribution in [0.25, 0.3) is 5.69 Å². The van der Waals surface area contributed by atoms with E-state index < -0.39 is 0 Å². The lowest BCUT2D eigenvalue weighted by Crippen LogP contribution is -2.17. The Morgan fingerprint density at radius 3 is 2.57 bits per heavy atom. The normalized spacial score (nSPS) is 10.5. The summed E-state index contributed by atoms with van der Waals surface area (Å²) in [6.45, 7) is 0. The van der Waals surface area contributed by atoms with Gasteiger partial charge >= 0.3 is 5.69 Å². The summed E-state index contributed by atoms with van der Waals surface area (Å²) in [6, 6.07) is 17.2. The molecule has 0 bridgehead atoms. The maximum Gasteiger partial charge on any atom is 0.347 e. The Balaban J connectivity index is 2.03. The molecule has 0 spiro atoms. The van der Waals surface area contributed by atoms with E-state index in [1.807, 2.05) is 54.6 Å². The van der Waals surface area contributed by atoms with Crippen LogP contribution in [-0.4, -0.2) is 21.9 Å². The van der Waals surface area contributed by atoms with Gasteiger partial charge in [0.05, 0.1) is 12.8 Å². The molecule has 0 atom stereocenters. The van der Waals surface area contributed by atoms with E-state index in [1.165, 1.54) is 0 Å². The van der Waals surface area contributed by atoms with Gasteiger partial charge in [-0.05, 0) is 18.2 Å². The first-order valence-corrected chi connectivity index (χ1v) is 6.63. The average molecular weight is 281 g/mol. The summed E-state index contributed by atoms with van der Waals surface area (Å²) in [6.07, 6.45) is 0.512. The molecule has 0 saturated carbocycles. The Kier molecular flexibility index (Phi) is 3.55. The number of nitrogens with zero attached hydrogens (tertiary/aromatic N) is 2. The molecule has 3 rings (SSSR count). The van der Waals surface area contributed by atoms with E-state index in [-0.39, 0.29) is 5.69 Å². The Hall–Kier alpha value is -2.82. The molecular formula is C16H15N3O2. The van der Waals surface area contributed by atoms with Crippen molar-refractivity contribution in [3.05, 3.63) is 76.5 Å². The number of aromatic nitrogens is 3. The zero-order valence-corrected chi connectivity index (χ0v) is 11.6. The minimum Gasteiger partial charge on any atom is -0.496 e. The summed E-state index contributed by atoms with van der Waals surface area (Å²) < 4.78 is 6.92. The fourth-order valence-corrected chi connectivity index (χ4v) is 2.31. The lowest BCUT2D eigenvalue weighted by Gasteiger charge is -2.09. The number of benzene rings is 2. The Labute approximate surface area is 121 Å². The Bertz CT molecular complexity index is 791. The van der Waals surface area contributed by atoms with E-state index in [4.69, 9.17) is 4.74 Å². The molecule has 0 aliphatic carbocycles. The maximum absolute atomic E-state index is 12.0. The number of hydrogen-bond donors (Lipinski definition) is 1. The minimum atomic E-state index is -0.244. The van der Waals surface area contributed by atoms with Crippen LogP contribution in [0.1, 0.15) is 11.4 Å². The first kappa shape index (κ1) is 13.2. The molecule has 1 aromatic heterocycles. The number of ether oxygens (including phenoxy) is 1. The summed E-state index contributed by atoms with van der Waals surface area (Å²) in [5.74, 6) is 1.43. The molecule has 21 heavy (non-hydrogen) atoms. The first-order valence-electron chi connectivity index (χ1n) is 6.63. The van der Waals surface area contributed by atoms with Gasteiger partial charge in [0.1, 0.15) is 11.6 Å². The van der Waals surface area contributed by atoms with Gasteiger partial charge in [-0.2, -0.15) is 5.10 Å². The topological polar surface area (TPSA) is 59.9 Å². The van der Waals surface area contributed by atoms with Crippen LogP contribution in [0.3, 0.4) is 0 Å². The standard InChI is InChI=1S/C16H15N3O2/c1-21-14-10-6-5-7-12(14)11-15-17-18-16(20)19(15)13-8-3-2-4-9-13/h2-10H,11H2,1H3,(H,18,20). The van der Waals surface area contributed by atoms with Gasteiger partial charge in [-0.25, -0.2) is 14.5 Å². The molecule has 0 aliphatic heterocycles. The summed E-state index contributed by atoms with van der Waals surface area (Å²) >= 11 is 0. The lowest BCUT2D eigenvalue weighted by molar-refractivity contribution is 0.410. The third-order valence-electron chi connectivity index (χ3n) is 3.30. The van der Waals surface area contributed by atoms with E-state index >= 15 is 0 Å². The first-order chi connectivity index (χ1) is 10.3. The van der Waals surface area contributed by atoms with Crippen molar-refractivity contribution in [3.8, 4) is 11.4 Å². The molecule has 2 aromatic carbocycles. The van der Waals surface area contributed by atoms with E-state index in [1.54, 1.807) is 11.7 Å². The van der Waals surface area contributed by atoms with Crippen molar-refractivity contribution in [2.45, 2.75) is 6.42 Å². The fraction of sp³-hybridized carbons (Fsp3) is 0.125. The summed E-state index contributed by atoms with van der Waals surface area (Å²) in [4.78, 5) is 12.0. The molecule has 3 aromatic rings. The predicted octanol–water partition coefficient (Wildman–Crippen LogP) is 2.16. The van der Waals surface area contributed by atoms with E-state index in [2.05, 4.69) is 10.2 Å². The molecule has 0 unspecified atom stereocenters. The summed E-state index contributed by atoms with van der Waals surface area (Å²) in [7, 11) is 1.63. The van der Waals surface area contributed by atoms with Crippen LogP contribution >= 0.6 is 0 Å². The molecule has 1 N–H and O–H groups in total. The van der Waals surface area contributed by atoms with Crippen molar-refractivity contribution in [2.75, 3.05) is 7.11 Å². The molecule has 0 amide bonds. The minimum absolute atomic E-state index is 0.244. The molecule has 1 heterocycles. The molecule has 5 heteroatoms. The highest BCUT2D eigenvalue weighted by atomic mass is 16.5. The van der Waals surface area contributed by atoms with Gasteiger partial charge in [0.15, 0.2) is 0 Å². The van der Waals surface area contributed by atoms with Gasteiger partial charge in [0.2, 0.25) is 0 Å². The van der Waals surface area contributed by atoms with Crippen molar-refractivity contribution in [1.29, 1.82) is 0 Å². The summed E-state index contributed by atoms with van der Waals surface area (Å²) in [5.41, 5.74) is 1.53. The number of aromatic amines is 1. The van der Waals surface area contributed by atoms with Crippen molar-refractivity contribution in [1.82, 2.24) is 14.8 Å². The van der Waals surface area contributed by atoms with Crippen LogP contribution in [0.15, 0.2) is 59.4 Å². The average Bonchev–Trinajstić information content (AvgIpc) is 2.89. The number of hydrogen-bond acceptors (Lipinski definition) is 3. The van der Waals surface area contributed by atoms with Crippen LogP contribution in [0.5, 0.6) is 5.75 Å². The zero-order valence-electron chi connectivity index (χ0n) is 11.6. The van der Waals surface area contributed by atoms with Gasteiger partial charge in [0.25, 0.3) is 0 Å². The molecule has 0 fully saturated rings. The number of nitrogens with one attached hydrogen (secondary N) is 1. The second-order valence-corrected chi connectivity index (χ2v) is 4.60. The van der Waals surface area contributed by atoms with Crippen LogP contribution in [0.4, 0.5) is 0 Å². The molecular weight excluding hydrogens is 266 g/mol. The quantitative estimate of drug-likeness (QED) is 0.797. The molecule has 5 nitrogen and oxygen atoms in total. The number of H-pyrrole nitrogens is 1. The highest BCUT2D eigenvalue weighted by Gasteiger charge is 2.12. The van der Waals surface area contributed by atoms with Crippen LogP contribution in [0.2, 0.25) is 0 Å². The van der Waals surface area contributed by atoms with Crippen LogP contribution < -0.4 is 10.4 Å². The smallest absolute Gasteiger partial charge is 0.347 e. The third kappa shape index (κ3) is 2.58. The number of methoxy groups -OCH3 is 1. The number of para-hydroxylation sites is 2. The zero-order chi connectivity index (χ0) is 14.7. The van der Waals surface area contributed by atoms with Crippen LogP contribution in [-0.2, 0) is 6.42 Å². The maximum atomic E-state index is 12.0. The molecule has 0 radical (unpaired) electrons. The summed E-state index contributed by atoms with van der Waals surface area (Å²) in [5, 5.41) is 6.64. The highest BCUT2D eigenvalue weighted by molar-refractivity contribution is 5.37. The van der Waals surface area contributed by atoms with E-state index in [0.29, 0.717) is 12.2 Å². The van der Waals surface area contributed by atoms with Crippen LogP contribution in [0, 0.1) is 0 Å². The van der Waals surface area contributed by atoms with Gasteiger partial charge in [-0.1, -0.05) is 36.4 Å². The third-order valence-corrected chi connectivity index (χ3v) is 3.30. The monoisotopic (exact) mass is 281 g/mol.